The molecule has 0 amide bonds. The maximum absolute atomic E-state index is 11.0. The van der Waals surface area contributed by atoms with Crippen LogP contribution in [-0.2, 0) is 17.1 Å². The number of carbonyl (C=O) groups is 2. The summed E-state index contributed by atoms with van der Waals surface area (Å²) in [5.74, 6) is 1.53. The number of aldehydes is 2. The first-order valence-electron chi connectivity index (χ1n) is 8.74. The van der Waals surface area contributed by atoms with Crippen LogP contribution in [0.25, 0.3) is 0 Å². The molecule has 0 aliphatic rings. The molecule has 0 aliphatic heterocycles. The standard InChI is InChI=1S/C21H17N5O4.3ClH.Fe.H2O/c1-29-18-8-6-14(12-27)10-16(18)23-25-20-4-3-5-21(22-20)26-24-17-11-15(13-28)7-9-19(17)30-2;;;;;/h3-13H,1-2H3;3*1H;;1H2/q;;;;+3;/p-3. The number of benzene rings is 2. The third-order valence-electron chi connectivity index (χ3n) is 3.92. The first kappa shape index (κ1) is 36.6. The number of hydrogen-bond acceptors (Lipinski definition) is 9. The minimum absolute atomic E-state index is 0. The van der Waals surface area contributed by atoms with Crippen molar-refractivity contribution in [1.82, 2.24) is 4.98 Å². The molecule has 14 heteroatoms. The van der Waals surface area contributed by atoms with Crippen molar-refractivity contribution >= 4 is 35.6 Å². The minimum Gasteiger partial charge on any atom is -1.00 e. The summed E-state index contributed by atoms with van der Waals surface area (Å²) in [7, 11) is 3.00. The van der Waals surface area contributed by atoms with Crippen LogP contribution >= 0.6 is 0 Å². The van der Waals surface area contributed by atoms with Gasteiger partial charge in [0.1, 0.15) is 35.4 Å². The zero-order chi connectivity index (χ0) is 21.3. The summed E-state index contributed by atoms with van der Waals surface area (Å²) >= 11 is 0. The number of pyridine rings is 1. The predicted octanol–water partition coefficient (Wildman–Crippen LogP) is -4.26. The Kier molecular flexibility index (Phi) is 19.3. The molecule has 1 aromatic heterocycles. The van der Waals surface area contributed by atoms with Gasteiger partial charge in [0.05, 0.1) is 14.2 Å². The fourth-order valence-corrected chi connectivity index (χ4v) is 2.45. The van der Waals surface area contributed by atoms with Gasteiger partial charge in [0.15, 0.2) is 11.6 Å². The van der Waals surface area contributed by atoms with Crippen molar-refractivity contribution in [2.75, 3.05) is 14.2 Å². The summed E-state index contributed by atoms with van der Waals surface area (Å²) in [6.45, 7) is 0. The van der Waals surface area contributed by atoms with Crippen LogP contribution in [0.5, 0.6) is 11.5 Å². The third-order valence-corrected chi connectivity index (χ3v) is 3.92. The number of nitrogens with zero attached hydrogens (tertiary/aromatic N) is 5. The summed E-state index contributed by atoms with van der Waals surface area (Å²) in [5.41, 5.74) is 1.69. The normalized spacial score (nSPS) is 9.43. The Bertz CT molecular complexity index is 1070. The van der Waals surface area contributed by atoms with Crippen molar-refractivity contribution in [2.45, 2.75) is 0 Å². The molecule has 3 aromatic rings. The van der Waals surface area contributed by atoms with Gasteiger partial charge in [-0.05, 0) is 48.5 Å². The third kappa shape index (κ3) is 10.1. The minimum atomic E-state index is 0. The van der Waals surface area contributed by atoms with Crippen LogP contribution in [0, 0.1) is 0 Å². The molecule has 2 aromatic carbocycles. The molecule has 1 heterocycles. The fourth-order valence-electron chi connectivity index (χ4n) is 2.45. The molecule has 187 valence electrons. The van der Waals surface area contributed by atoms with Gasteiger partial charge in [-0.1, -0.05) is 6.07 Å². The van der Waals surface area contributed by atoms with Gasteiger partial charge in [-0.2, -0.15) is 0 Å². The van der Waals surface area contributed by atoms with Crippen molar-refractivity contribution in [3.8, 4) is 11.5 Å². The van der Waals surface area contributed by atoms with Gasteiger partial charge < -0.3 is 52.2 Å². The van der Waals surface area contributed by atoms with Crippen molar-refractivity contribution < 1.29 is 78.8 Å². The second kappa shape index (κ2) is 18.4. The number of halogens is 3. The molecule has 0 atom stereocenters. The monoisotopic (exact) mass is 582 g/mol. The first-order valence-corrected chi connectivity index (χ1v) is 8.74. The molecular formula is C21H19Cl3FeN5O5. The number of azo groups is 2. The van der Waals surface area contributed by atoms with E-state index >= 15 is 0 Å². The zero-order valence-electron chi connectivity index (χ0n) is 18.2. The molecule has 0 saturated carbocycles. The van der Waals surface area contributed by atoms with Crippen LogP contribution in [0.4, 0.5) is 23.0 Å². The van der Waals surface area contributed by atoms with Crippen LogP contribution in [0.15, 0.2) is 75.1 Å². The van der Waals surface area contributed by atoms with Gasteiger partial charge in [0, 0.05) is 11.1 Å². The second-order valence-corrected chi connectivity index (χ2v) is 5.85. The summed E-state index contributed by atoms with van der Waals surface area (Å²) in [4.78, 5) is 26.2. The number of carbonyl (C=O) groups excluding carboxylic acids is 2. The maximum Gasteiger partial charge on any atom is 3.00 e. The van der Waals surface area contributed by atoms with Gasteiger partial charge in [-0.25, -0.2) is 4.98 Å². The predicted molar refractivity (Wildman–Crippen MR) is 113 cm³/mol. The van der Waals surface area contributed by atoms with Crippen molar-refractivity contribution in [2.24, 2.45) is 20.5 Å². The van der Waals surface area contributed by atoms with Gasteiger partial charge in [0.2, 0.25) is 0 Å². The molecule has 1 radical (unpaired) electrons. The molecule has 2 N–H and O–H groups in total. The molecule has 0 saturated heterocycles. The number of aromatic nitrogens is 1. The van der Waals surface area contributed by atoms with Crippen LogP contribution in [0.3, 0.4) is 0 Å². The average Bonchev–Trinajstić information content (AvgIpc) is 2.81. The maximum atomic E-state index is 11.0. The Balaban J connectivity index is -0.00000205. The van der Waals surface area contributed by atoms with Crippen molar-refractivity contribution in [1.29, 1.82) is 0 Å². The fraction of sp³-hybridized carbons (Fsp3) is 0.0952. The van der Waals surface area contributed by atoms with Crippen LogP contribution in [0.1, 0.15) is 20.7 Å². The van der Waals surface area contributed by atoms with E-state index in [1.807, 2.05) is 0 Å². The molecular weight excluding hydrogens is 564 g/mol. The van der Waals surface area contributed by atoms with E-state index < -0.39 is 0 Å². The number of rotatable bonds is 8. The van der Waals surface area contributed by atoms with E-state index in [0.29, 0.717) is 58.2 Å². The van der Waals surface area contributed by atoms with Gasteiger partial charge in [-0.3, -0.25) is 9.59 Å². The number of methoxy groups -OCH3 is 2. The van der Waals surface area contributed by atoms with Gasteiger partial charge >= 0.3 is 17.1 Å². The van der Waals surface area contributed by atoms with E-state index in [1.165, 1.54) is 14.2 Å². The average molecular weight is 584 g/mol. The van der Waals surface area contributed by atoms with Crippen molar-refractivity contribution in [3.05, 3.63) is 65.7 Å². The molecule has 10 nitrogen and oxygen atoms in total. The Morgan fingerprint density at radius 2 is 1.09 bits per heavy atom. The smallest absolute Gasteiger partial charge is 1.00 e. The SMILES string of the molecule is COc1ccc(C=O)cc1N=Nc1cccc(N=Nc2cc(C=O)ccc2OC)n1.O.[Cl-].[Cl-].[Cl-].[Fe+3]. The Morgan fingerprint density at radius 1 is 0.686 bits per heavy atom. The van der Waals surface area contributed by atoms with Crippen LogP contribution in [0.2, 0.25) is 0 Å². The molecule has 0 unspecified atom stereocenters. The topological polar surface area (TPSA) is 146 Å². The Labute approximate surface area is 230 Å². The van der Waals surface area contributed by atoms with Crippen LogP contribution in [-0.4, -0.2) is 37.3 Å². The second-order valence-electron chi connectivity index (χ2n) is 5.85. The molecule has 0 fully saturated rings. The first-order chi connectivity index (χ1) is 14.7. The van der Waals surface area contributed by atoms with E-state index in [9.17, 15) is 9.59 Å². The van der Waals surface area contributed by atoms with E-state index in [4.69, 9.17) is 9.47 Å². The quantitative estimate of drug-likeness (QED) is 0.150. The van der Waals surface area contributed by atoms with Crippen molar-refractivity contribution in [3.63, 3.8) is 0 Å². The van der Waals surface area contributed by atoms with E-state index in [0.717, 1.165) is 0 Å². The molecule has 0 aliphatic carbocycles. The Morgan fingerprint density at radius 3 is 1.43 bits per heavy atom. The molecule has 0 bridgehead atoms. The number of ether oxygens (including phenoxy) is 2. The van der Waals surface area contributed by atoms with E-state index in [1.54, 1.807) is 54.6 Å². The number of hydrogen-bond donors (Lipinski definition) is 0. The molecule has 35 heavy (non-hydrogen) atoms. The Hall–Kier alpha value is -2.92. The summed E-state index contributed by atoms with van der Waals surface area (Å²) in [6, 6.07) is 14.6. The van der Waals surface area contributed by atoms with Gasteiger partial charge in [0.25, 0.3) is 0 Å². The summed E-state index contributed by atoms with van der Waals surface area (Å²) in [5, 5.41) is 16.4. The zero-order valence-corrected chi connectivity index (χ0v) is 21.6. The van der Waals surface area contributed by atoms with Gasteiger partial charge in [-0.15, -0.1) is 20.5 Å². The van der Waals surface area contributed by atoms with E-state index in [2.05, 4.69) is 25.4 Å². The summed E-state index contributed by atoms with van der Waals surface area (Å²) < 4.78 is 10.4. The molecule has 3 rings (SSSR count). The van der Waals surface area contributed by atoms with E-state index in [-0.39, 0.29) is 59.8 Å². The molecule has 0 spiro atoms. The summed E-state index contributed by atoms with van der Waals surface area (Å²) in [6.07, 6.45) is 1.43. The largest absolute Gasteiger partial charge is 3.00 e. The van der Waals surface area contributed by atoms with Crippen LogP contribution < -0.4 is 46.7 Å².